The number of hydrogen-bond acceptors (Lipinski definition) is 3. The highest BCUT2D eigenvalue weighted by Gasteiger charge is 2.12. The molecule has 3 N–H and O–H groups in total. The first kappa shape index (κ1) is 23.3. The van der Waals surface area contributed by atoms with Gasteiger partial charge in [-0.2, -0.15) is 0 Å². The minimum Gasteiger partial charge on any atom is -0.355 e. The largest absolute Gasteiger partial charge is 0.355 e. The third-order valence-electron chi connectivity index (χ3n) is 3.61. The zero-order chi connectivity index (χ0) is 19.0. The van der Waals surface area contributed by atoms with Crippen molar-refractivity contribution in [3.63, 3.8) is 0 Å². The molecular formula is C18H24FIN4O2S. The lowest BCUT2D eigenvalue weighted by Gasteiger charge is -2.12. The number of aliphatic imine (C=N–C) groups is 1. The maximum absolute atomic E-state index is 13.2. The van der Waals surface area contributed by atoms with Gasteiger partial charge in [-0.1, -0.05) is 29.8 Å². The Labute approximate surface area is 176 Å². The molecule has 0 aliphatic carbocycles. The Morgan fingerprint density at radius 2 is 1.78 bits per heavy atom. The molecule has 2 aromatic carbocycles. The average Bonchev–Trinajstić information content (AvgIpc) is 2.61. The third-order valence-corrected chi connectivity index (χ3v) is 5.09. The van der Waals surface area contributed by atoms with Gasteiger partial charge in [-0.25, -0.2) is 17.5 Å². The van der Waals surface area contributed by atoms with Crippen LogP contribution in [0.15, 0.2) is 58.4 Å². The van der Waals surface area contributed by atoms with E-state index >= 15 is 0 Å². The van der Waals surface area contributed by atoms with Crippen molar-refractivity contribution in [1.82, 2.24) is 15.4 Å². The lowest BCUT2D eigenvalue weighted by Crippen LogP contribution is -2.41. The van der Waals surface area contributed by atoms with Crippen LogP contribution in [0.5, 0.6) is 0 Å². The zero-order valence-electron chi connectivity index (χ0n) is 15.2. The first-order valence-electron chi connectivity index (χ1n) is 8.16. The fraction of sp³-hybridized carbons (Fsp3) is 0.278. The van der Waals surface area contributed by atoms with E-state index in [2.05, 4.69) is 20.3 Å². The van der Waals surface area contributed by atoms with Gasteiger partial charge in [-0.15, -0.1) is 24.0 Å². The minimum absolute atomic E-state index is 0. The number of hydrogen-bond donors (Lipinski definition) is 3. The van der Waals surface area contributed by atoms with Crippen LogP contribution in [-0.4, -0.2) is 34.5 Å². The molecule has 0 fully saturated rings. The van der Waals surface area contributed by atoms with Gasteiger partial charge in [-0.3, -0.25) is 4.99 Å². The molecule has 0 aliphatic heterocycles. The summed E-state index contributed by atoms with van der Waals surface area (Å²) in [6.45, 7) is 2.87. The summed E-state index contributed by atoms with van der Waals surface area (Å²) in [5.41, 5.74) is 1.78. The Morgan fingerprint density at radius 3 is 2.41 bits per heavy atom. The molecule has 0 spiro atoms. The van der Waals surface area contributed by atoms with Gasteiger partial charge in [0.15, 0.2) is 5.96 Å². The number of halogens is 2. The standard InChI is InChI=1S/C18H23FN4O2S.HI/c1-14-6-8-17(9-7-14)26(24,25)23-11-10-21-18(20-2)22-13-15-4-3-5-16(19)12-15;/h3-9,12,23H,10-11,13H2,1-2H3,(H2,20,21,22);1H. The summed E-state index contributed by atoms with van der Waals surface area (Å²) in [7, 11) is -1.93. The van der Waals surface area contributed by atoms with Crippen LogP contribution in [0.1, 0.15) is 11.1 Å². The van der Waals surface area contributed by atoms with Crippen molar-refractivity contribution in [2.24, 2.45) is 4.99 Å². The highest BCUT2D eigenvalue weighted by Crippen LogP contribution is 2.09. The van der Waals surface area contributed by atoms with E-state index in [1.54, 1.807) is 43.4 Å². The van der Waals surface area contributed by atoms with E-state index in [4.69, 9.17) is 0 Å². The topological polar surface area (TPSA) is 82.6 Å². The second kappa shape index (κ2) is 11.2. The van der Waals surface area contributed by atoms with Crippen LogP contribution in [-0.2, 0) is 16.6 Å². The fourth-order valence-electron chi connectivity index (χ4n) is 2.22. The van der Waals surface area contributed by atoms with Gasteiger partial charge in [0.2, 0.25) is 10.0 Å². The van der Waals surface area contributed by atoms with Crippen molar-refractivity contribution < 1.29 is 12.8 Å². The van der Waals surface area contributed by atoms with Crippen LogP contribution in [0, 0.1) is 12.7 Å². The summed E-state index contributed by atoms with van der Waals surface area (Å²) in [6, 6.07) is 12.9. The number of benzene rings is 2. The van der Waals surface area contributed by atoms with E-state index in [1.807, 2.05) is 6.92 Å². The van der Waals surface area contributed by atoms with E-state index in [0.29, 0.717) is 19.0 Å². The number of aryl methyl sites for hydroxylation is 1. The first-order chi connectivity index (χ1) is 12.4. The summed E-state index contributed by atoms with van der Waals surface area (Å²) < 4.78 is 40.0. The summed E-state index contributed by atoms with van der Waals surface area (Å²) >= 11 is 0. The van der Waals surface area contributed by atoms with E-state index in [1.165, 1.54) is 12.1 Å². The quantitative estimate of drug-likeness (QED) is 0.233. The van der Waals surface area contributed by atoms with Crippen molar-refractivity contribution >= 4 is 40.0 Å². The molecule has 0 unspecified atom stereocenters. The second-order valence-electron chi connectivity index (χ2n) is 5.69. The molecule has 0 saturated heterocycles. The monoisotopic (exact) mass is 506 g/mol. The number of nitrogens with zero attached hydrogens (tertiary/aromatic N) is 1. The molecule has 0 aliphatic rings. The van der Waals surface area contributed by atoms with Crippen molar-refractivity contribution in [2.45, 2.75) is 18.4 Å². The van der Waals surface area contributed by atoms with Crippen molar-refractivity contribution in [3.05, 3.63) is 65.5 Å². The summed E-state index contributed by atoms with van der Waals surface area (Å²) in [4.78, 5) is 4.28. The van der Waals surface area contributed by atoms with E-state index < -0.39 is 10.0 Å². The Kier molecular flexibility index (Phi) is 9.67. The number of nitrogens with one attached hydrogen (secondary N) is 3. The molecule has 0 aromatic heterocycles. The van der Waals surface area contributed by atoms with Crippen molar-refractivity contribution in [2.75, 3.05) is 20.1 Å². The van der Waals surface area contributed by atoms with E-state index in [9.17, 15) is 12.8 Å². The maximum Gasteiger partial charge on any atom is 0.240 e. The van der Waals surface area contributed by atoms with Crippen LogP contribution in [0.25, 0.3) is 0 Å². The van der Waals surface area contributed by atoms with Crippen molar-refractivity contribution in [3.8, 4) is 0 Å². The molecule has 2 rings (SSSR count). The Hall–Kier alpha value is -1.72. The molecule has 0 radical (unpaired) electrons. The second-order valence-corrected chi connectivity index (χ2v) is 7.46. The summed E-state index contributed by atoms with van der Waals surface area (Å²) in [6.07, 6.45) is 0. The predicted molar refractivity (Wildman–Crippen MR) is 116 cm³/mol. The van der Waals surface area contributed by atoms with Gasteiger partial charge in [0.25, 0.3) is 0 Å². The average molecular weight is 506 g/mol. The number of sulfonamides is 1. The molecule has 148 valence electrons. The lowest BCUT2D eigenvalue weighted by atomic mass is 10.2. The summed E-state index contributed by atoms with van der Waals surface area (Å²) in [5, 5.41) is 6.05. The van der Waals surface area contributed by atoms with Gasteiger partial charge in [0.1, 0.15) is 5.82 Å². The minimum atomic E-state index is -3.53. The fourth-order valence-corrected chi connectivity index (χ4v) is 3.25. The molecular weight excluding hydrogens is 482 g/mol. The molecule has 6 nitrogen and oxygen atoms in total. The first-order valence-corrected chi connectivity index (χ1v) is 9.64. The normalized spacial score (nSPS) is 11.6. The third kappa shape index (κ3) is 7.81. The van der Waals surface area contributed by atoms with Gasteiger partial charge >= 0.3 is 0 Å². The van der Waals surface area contributed by atoms with Crippen LogP contribution >= 0.6 is 24.0 Å². The van der Waals surface area contributed by atoms with Crippen LogP contribution in [0.4, 0.5) is 4.39 Å². The smallest absolute Gasteiger partial charge is 0.240 e. The van der Waals surface area contributed by atoms with Gasteiger partial charge in [-0.05, 0) is 36.8 Å². The molecule has 0 amide bonds. The Morgan fingerprint density at radius 1 is 1.07 bits per heavy atom. The Bertz CT molecular complexity index is 858. The summed E-state index contributed by atoms with van der Waals surface area (Å²) in [5.74, 6) is 0.210. The van der Waals surface area contributed by atoms with Gasteiger partial charge in [0.05, 0.1) is 4.90 Å². The highest BCUT2D eigenvalue weighted by molar-refractivity contribution is 14.0. The van der Waals surface area contributed by atoms with Crippen LogP contribution in [0.3, 0.4) is 0 Å². The molecule has 0 heterocycles. The molecule has 9 heteroatoms. The highest BCUT2D eigenvalue weighted by atomic mass is 127. The van der Waals surface area contributed by atoms with E-state index in [-0.39, 0.29) is 41.2 Å². The van der Waals surface area contributed by atoms with Gasteiger partial charge in [0, 0.05) is 26.7 Å². The SMILES string of the molecule is CN=C(NCCNS(=O)(=O)c1ccc(C)cc1)NCc1cccc(F)c1.I. The molecule has 0 saturated carbocycles. The Balaban J connectivity index is 0.00000364. The number of guanidine groups is 1. The predicted octanol–water partition coefficient (Wildman–Crippen LogP) is 2.40. The zero-order valence-corrected chi connectivity index (χ0v) is 18.3. The lowest BCUT2D eigenvalue weighted by molar-refractivity contribution is 0.580. The number of rotatable bonds is 7. The van der Waals surface area contributed by atoms with Gasteiger partial charge < -0.3 is 10.6 Å². The van der Waals surface area contributed by atoms with Crippen LogP contribution < -0.4 is 15.4 Å². The van der Waals surface area contributed by atoms with E-state index in [0.717, 1.165) is 11.1 Å². The molecule has 0 bridgehead atoms. The molecule has 2 aromatic rings. The molecule has 0 atom stereocenters. The van der Waals surface area contributed by atoms with Crippen molar-refractivity contribution in [1.29, 1.82) is 0 Å². The van der Waals surface area contributed by atoms with Crippen LogP contribution in [0.2, 0.25) is 0 Å². The molecule has 27 heavy (non-hydrogen) atoms. The maximum atomic E-state index is 13.2.